The Labute approximate surface area is 126 Å². The van der Waals surface area contributed by atoms with Gasteiger partial charge in [0, 0.05) is 65.4 Å². The molecule has 0 saturated carbocycles. The minimum atomic E-state index is -1.13. The van der Waals surface area contributed by atoms with Crippen LogP contribution < -0.4 is 0 Å². The van der Waals surface area contributed by atoms with Crippen molar-refractivity contribution in [1.82, 2.24) is 0 Å². The molecule has 0 aromatic rings. The van der Waals surface area contributed by atoms with E-state index in [1.807, 2.05) is 0 Å². The van der Waals surface area contributed by atoms with E-state index in [9.17, 15) is 4.57 Å². The Hall–Kier alpha value is 2.87. The second-order valence-electron chi connectivity index (χ2n) is 1.41. The van der Waals surface area contributed by atoms with E-state index in [2.05, 4.69) is 13.3 Å². The van der Waals surface area contributed by atoms with E-state index < -0.39 is 7.80 Å². The molecule has 5 heteroatoms. The molecule has 0 aromatic carbocycles. The smallest absolute Gasteiger partial charge is 0.0703 e. The molecule has 1 nitrogen and oxygen atoms in total. The van der Waals surface area contributed by atoms with Gasteiger partial charge in [0.1, 0.15) is 0 Å². The summed E-state index contributed by atoms with van der Waals surface area (Å²) in [4.78, 5) is 0. The summed E-state index contributed by atoms with van der Waals surface area (Å²) in [7, 11) is -0.0463. The fourth-order valence-electron chi connectivity index (χ4n) is 0. The van der Waals surface area contributed by atoms with Crippen LogP contribution in [-0.4, -0.2) is 26.7 Å². The summed E-state index contributed by atoms with van der Waals surface area (Å²) in [6.45, 7) is 7.73. The van der Waals surface area contributed by atoms with Crippen LogP contribution in [0, 0.1) is 14.9 Å². The summed E-state index contributed by atoms with van der Waals surface area (Å²) in [6, 6.07) is 0. The van der Waals surface area contributed by atoms with Crippen LogP contribution in [0.1, 0.15) is 0 Å². The molecule has 0 N–H and O–H groups in total. The van der Waals surface area contributed by atoms with E-state index >= 15 is 0 Å². The first-order valence-electron chi connectivity index (χ1n) is 2.20. The van der Waals surface area contributed by atoms with Crippen LogP contribution >= 0.6 is 16.4 Å². The number of hydrogen-bond donors (Lipinski definition) is 0. The normalized spacial score (nSPS) is 4.82. The van der Waals surface area contributed by atoms with E-state index in [0.717, 1.165) is 8.58 Å². The minimum Gasteiger partial charge on any atom is -0.358 e. The summed E-state index contributed by atoms with van der Waals surface area (Å²) in [5.41, 5.74) is 0. The quantitative estimate of drug-likeness (QED) is 0.486. The molecule has 0 saturated heterocycles. The third-order valence-corrected chi connectivity index (χ3v) is 0. The molecule has 11 heavy (non-hydrogen) atoms. The maximum absolute atomic E-state index is 9.63. The molecule has 0 rings (SSSR count). The van der Waals surface area contributed by atoms with E-state index in [4.69, 9.17) is 0 Å². The zero-order valence-corrected chi connectivity index (χ0v) is 16.2. The van der Waals surface area contributed by atoms with Crippen LogP contribution in [-0.2, 0) is 70.0 Å². The third kappa shape index (κ3) is 185. The van der Waals surface area contributed by atoms with Crippen LogP contribution in [0.3, 0.4) is 0 Å². The second kappa shape index (κ2) is 38.4. The zero-order chi connectivity index (χ0) is 6.28. The Morgan fingerprint density at radius 3 is 1.00 bits per heavy atom. The molecule has 0 spiro atoms. The molecule has 68 valence electrons. The molecular formula is C6H20OP2Y2-2. The van der Waals surface area contributed by atoms with Crippen LogP contribution in [0.4, 0.5) is 0 Å². The van der Waals surface area contributed by atoms with Crippen molar-refractivity contribution in [2.24, 2.45) is 0 Å². The van der Waals surface area contributed by atoms with Gasteiger partial charge in [-0.25, -0.2) is 0 Å². The summed E-state index contributed by atoms with van der Waals surface area (Å²) < 4.78 is 9.63. The third-order valence-electron chi connectivity index (χ3n) is 0. The van der Waals surface area contributed by atoms with Crippen LogP contribution in [0.15, 0.2) is 0 Å². The topological polar surface area (TPSA) is 17.1 Å². The van der Waals surface area contributed by atoms with E-state index in [0.29, 0.717) is 0 Å². The van der Waals surface area contributed by atoms with Crippen molar-refractivity contribution in [1.29, 1.82) is 0 Å². The Kier molecular flexibility index (Phi) is 130. The van der Waals surface area contributed by atoms with Gasteiger partial charge in [-0.1, -0.05) is 0 Å². The van der Waals surface area contributed by atoms with Crippen LogP contribution in [0.5, 0.6) is 0 Å². The van der Waals surface area contributed by atoms with Crippen molar-refractivity contribution in [3.05, 3.63) is 14.9 Å². The van der Waals surface area contributed by atoms with Crippen molar-refractivity contribution >= 4 is 16.4 Å². The predicted octanol–water partition coefficient (Wildman–Crippen LogP) is 2.63. The average Bonchev–Trinajstić information content (AvgIpc) is 1.33. The van der Waals surface area contributed by atoms with Gasteiger partial charge in [0.05, 0.1) is 7.80 Å². The van der Waals surface area contributed by atoms with Crippen molar-refractivity contribution in [3.8, 4) is 0 Å². The van der Waals surface area contributed by atoms with Crippen molar-refractivity contribution in [2.45, 2.75) is 0 Å². The summed E-state index contributed by atoms with van der Waals surface area (Å²) >= 11 is 0. The van der Waals surface area contributed by atoms with E-state index in [1.165, 1.54) is 0 Å². The molecule has 0 amide bonds. The van der Waals surface area contributed by atoms with Gasteiger partial charge in [0.15, 0.2) is 0 Å². The molecule has 0 aliphatic heterocycles. The average molecular weight is 348 g/mol. The molecular weight excluding hydrogens is 328 g/mol. The maximum atomic E-state index is 9.63. The summed E-state index contributed by atoms with van der Waals surface area (Å²) in [5.74, 6) is 0. The fraction of sp³-hybridized carbons (Fsp3) is 0.667. The molecule has 0 heterocycles. The summed E-state index contributed by atoms with van der Waals surface area (Å²) in [6.07, 6.45) is 0. The van der Waals surface area contributed by atoms with Gasteiger partial charge < -0.3 is 19.4 Å². The van der Waals surface area contributed by atoms with Crippen molar-refractivity contribution in [2.75, 3.05) is 26.7 Å². The van der Waals surface area contributed by atoms with Crippen LogP contribution in [0.2, 0.25) is 0 Å². The SMILES string of the molecule is CPC.C[PH](C)=O.[CH3-].[CH3-].[Y].[Y]. The van der Waals surface area contributed by atoms with Gasteiger partial charge in [-0.05, 0) is 26.7 Å². The molecule has 0 fully saturated rings. The summed E-state index contributed by atoms with van der Waals surface area (Å²) in [5, 5.41) is 0. The Morgan fingerprint density at radius 2 is 1.00 bits per heavy atom. The van der Waals surface area contributed by atoms with Gasteiger partial charge in [-0.3, -0.25) is 0 Å². The Balaban J connectivity index is -0.00000000848. The van der Waals surface area contributed by atoms with E-state index in [-0.39, 0.29) is 80.3 Å². The minimum absolute atomic E-state index is 0. The monoisotopic (exact) mass is 348 g/mol. The van der Waals surface area contributed by atoms with Gasteiger partial charge in [-0.2, -0.15) is 0 Å². The standard InChI is InChI=1S/C2H7OP.C2H7P.2CH3.2Y/c1-4(2)3;1-3-2;;;;/h4H,1-2H3;3H,1-2H3;2*1H3;;/q;;2*-1;;. The molecule has 0 aliphatic rings. The largest absolute Gasteiger partial charge is 0.358 e. The second-order valence-corrected chi connectivity index (χ2v) is 4.22. The first-order valence-corrected chi connectivity index (χ1v) is 6.61. The van der Waals surface area contributed by atoms with Crippen molar-refractivity contribution in [3.63, 3.8) is 0 Å². The Bertz CT molecular complexity index is 49.8. The van der Waals surface area contributed by atoms with Crippen molar-refractivity contribution < 1.29 is 70.0 Å². The van der Waals surface area contributed by atoms with Gasteiger partial charge in [0.2, 0.25) is 0 Å². The van der Waals surface area contributed by atoms with Gasteiger partial charge in [-0.15, -0.1) is 8.58 Å². The molecule has 0 aromatic heterocycles. The van der Waals surface area contributed by atoms with Crippen LogP contribution in [0.25, 0.3) is 0 Å². The number of rotatable bonds is 0. The molecule has 0 unspecified atom stereocenters. The first-order chi connectivity index (χ1) is 3.15. The molecule has 2 radical (unpaired) electrons. The van der Waals surface area contributed by atoms with Gasteiger partial charge >= 0.3 is 0 Å². The first kappa shape index (κ1) is 37.1. The molecule has 0 aliphatic carbocycles. The molecule has 0 atom stereocenters. The van der Waals surface area contributed by atoms with Gasteiger partial charge in [0.25, 0.3) is 0 Å². The molecule has 0 bridgehead atoms. The van der Waals surface area contributed by atoms with E-state index in [1.54, 1.807) is 13.3 Å². The maximum Gasteiger partial charge on any atom is 0.0703 e. The number of hydrogen-bond acceptors (Lipinski definition) is 1. The zero-order valence-electron chi connectivity index (χ0n) is 8.56. The Morgan fingerprint density at radius 1 is 1.00 bits per heavy atom. The predicted molar refractivity (Wildman–Crippen MR) is 53.8 cm³/mol. The fourth-order valence-corrected chi connectivity index (χ4v) is 0.